The molecule has 0 spiro atoms. The van der Waals surface area contributed by atoms with Gasteiger partial charge in [0.2, 0.25) is 0 Å². The third-order valence-corrected chi connectivity index (χ3v) is 6.68. The highest BCUT2D eigenvalue weighted by Gasteiger charge is 2.21. The number of aromatic nitrogens is 5. The Kier molecular flexibility index (Phi) is 6.41. The van der Waals surface area contributed by atoms with E-state index in [0.717, 1.165) is 26.9 Å². The maximum Gasteiger partial charge on any atom is 0.283 e. The van der Waals surface area contributed by atoms with Crippen molar-refractivity contribution >= 4 is 22.3 Å². The molecule has 4 heterocycles. The summed E-state index contributed by atoms with van der Waals surface area (Å²) in [5, 5.41) is 11.7. The van der Waals surface area contributed by atoms with Crippen LogP contribution in [0.1, 0.15) is 44.6 Å². The van der Waals surface area contributed by atoms with E-state index in [1.54, 1.807) is 44.6 Å². The van der Waals surface area contributed by atoms with Crippen molar-refractivity contribution < 1.29 is 8.91 Å². The number of benzene rings is 1. The molecule has 0 bridgehead atoms. The molecule has 0 aliphatic carbocycles. The summed E-state index contributed by atoms with van der Waals surface area (Å²) in [6.45, 7) is 9.65. The second-order valence-corrected chi connectivity index (χ2v) is 10.6. The molecule has 0 fully saturated rings. The summed E-state index contributed by atoms with van der Waals surface area (Å²) in [7, 11) is 1.66. The molecule has 0 amide bonds. The van der Waals surface area contributed by atoms with Gasteiger partial charge in [-0.1, -0.05) is 32.9 Å². The van der Waals surface area contributed by atoms with Gasteiger partial charge in [0, 0.05) is 42.0 Å². The summed E-state index contributed by atoms with van der Waals surface area (Å²) in [6, 6.07) is 8.43. The molecule has 9 nitrogen and oxygen atoms in total. The quantitative estimate of drug-likeness (QED) is 0.335. The predicted octanol–water partition coefficient (Wildman–Crippen LogP) is 5.19. The van der Waals surface area contributed by atoms with Crippen molar-refractivity contribution in [3.8, 4) is 16.9 Å². The summed E-state index contributed by atoms with van der Waals surface area (Å²) in [5.74, 6) is 0.731. The standard InChI is InChI=1S/C29H29FN6O3/c1-7-20-21(18-12-23(27(37)35(6)15-18)33-24-10-16(2)39-34-24)8-9-31-26(20)36-28(38)25-17(14-32-36)11-19(13-22(25)30)29(3,4)5/h8-15H,7H2,1-6H3,(H,33,34). The van der Waals surface area contributed by atoms with Gasteiger partial charge in [0.05, 0.1) is 11.6 Å². The molecular weight excluding hydrogens is 499 g/mol. The monoisotopic (exact) mass is 528 g/mol. The third-order valence-electron chi connectivity index (χ3n) is 6.68. The normalized spacial score (nSPS) is 11.8. The molecule has 10 heteroatoms. The summed E-state index contributed by atoms with van der Waals surface area (Å²) in [4.78, 5) is 30.8. The van der Waals surface area contributed by atoms with Crippen molar-refractivity contribution in [2.75, 3.05) is 5.32 Å². The predicted molar refractivity (Wildman–Crippen MR) is 148 cm³/mol. The van der Waals surface area contributed by atoms with Crippen LogP contribution in [0.4, 0.5) is 15.9 Å². The van der Waals surface area contributed by atoms with Crippen molar-refractivity contribution in [1.29, 1.82) is 0 Å². The smallest absolute Gasteiger partial charge is 0.283 e. The zero-order valence-corrected chi connectivity index (χ0v) is 22.7. The highest BCUT2D eigenvalue weighted by molar-refractivity contribution is 5.83. The molecule has 200 valence electrons. The van der Waals surface area contributed by atoms with E-state index < -0.39 is 11.4 Å². The van der Waals surface area contributed by atoms with E-state index in [4.69, 9.17) is 4.52 Å². The van der Waals surface area contributed by atoms with Gasteiger partial charge < -0.3 is 14.4 Å². The number of pyridine rings is 2. The van der Waals surface area contributed by atoms with Crippen molar-refractivity contribution in [1.82, 2.24) is 24.5 Å². The Hall–Kier alpha value is -4.60. The lowest BCUT2D eigenvalue weighted by molar-refractivity contribution is 0.400. The average Bonchev–Trinajstić information content (AvgIpc) is 3.30. The molecular formula is C29H29FN6O3. The number of fused-ring (bicyclic) bond motifs is 1. The summed E-state index contributed by atoms with van der Waals surface area (Å²) in [5.41, 5.74) is 2.16. The third kappa shape index (κ3) is 4.73. The number of anilines is 2. The van der Waals surface area contributed by atoms with Gasteiger partial charge in [-0.15, -0.1) is 0 Å². The van der Waals surface area contributed by atoms with Crippen LogP contribution < -0.4 is 16.4 Å². The molecule has 0 aliphatic heterocycles. The molecule has 0 aliphatic rings. The minimum Gasteiger partial charge on any atom is -0.360 e. The van der Waals surface area contributed by atoms with Crippen LogP contribution in [-0.4, -0.2) is 24.5 Å². The molecule has 0 saturated carbocycles. The Balaban J connectivity index is 1.66. The van der Waals surface area contributed by atoms with Crippen LogP contribution in [0.25, 0.3) is 27.7 Å². The summed E-state index contributed by atoms with van der Waals surface area (Å²) < 4.78 is 23.0. The molecule has 5 aromatic rings. The first-order valence-electron chi connectivity index (χ1n) is 12.6. The number of aryl methyl sites for hydroxylation is 2. The molecule has 4 aromatic heterocycles. The molecule has 1 N–H and O–H groups in total. The van der Waals surface area contributed by atoms with Gasteiger partial charge in [-0.25, -0.2) is 9.37 Å². The lowest BCUT2D eigenvalue weighted by atomic mass is 9.86. The van der Waals surface area contributed by atoms with E-state index in [1.165, 1.54) is 16.8 Å². The minimum absolute atomic E-state index is 0.0382. The van der Waals surface area contributed by atoms with E-state index >= 15 is 4.39 Å². The summed E-state index contributed by atoms with van der Waals surface area (Å²) in [6.07, 6.45) is 5.28. The van der Waals surface area contributed by atoms with Crippen LogP contribution in [-0.2, 0) is 18.9 Å². The Labute approximate surface area is 223 Å². The second-order valence-electron chi connectivity index (χ2n) is 10.6. The van der Waals surface area contributed by atoms with E-state index in [1.807, 2.05) is 33.8 Å². The largest absolute Gasteiger partial charge is 0.360 e. The van der Waals surface area contributed by atoms with Crippen molar-refractivity contribution in [2.45, 2.75) is 46.5 Å². The maximum absolute atomic E-state index is 15.3. The van der Waals surface area contributed by atoms with Crippen LogP contribution in [0.5, 0.6) is 0 Å². The first-order valence-corrected chi connectivity index (χ1v) is 12.6. The zero-order chi connectivity index (χ0) is 28.1. The minimum atomic E-state index is -0.593. The first-order chi connectivity index (χ1) is 18.5. The van der Waals surface area contributed by atoms with E-state index in [9.17, 15) is 9.59 Å². The Morgan fingerprint density at radius 2 is 1.87 bits per heavy atom. The molecule has 39 heavy (non-hydrogen) atoms. The SMILES string of the molecule is CCc1c(-c2cc(Nc3cc(C)on3)c(=O)n(C)c2)ccnc1-n1ncc2cc(C(C)(C)C)cc(F)c2c1=O. The highest BCUT2D eigenvalue weighted by atomic mass is 19.1. The number of nitrogens with one attached hydrogen (secondary N) is 1. The molecule has 0 atom stereocenters. The second kappa shape index (κ2) is 9.61. The van der Waals surface area contributed by atoms with Crippen LogP contribution in [0, 0.1) is 12.7 Å². The van der Waals surface area contributed by atoms with Gasteiger partial charge in [-0.2, -0.15) is 9.78 Å². The van der Waals surface area contributed by atoms with Gasteiger partial charge in [-0.3, -0.25) is 9.59 Å². The van der Waals surface area contributed by atoms with E-state index in [-0.39, 0.29) is 16.4 Å². The topological polar surface area (TPSA) is 108 Å². The lowest BCUT2D eigenvalue weighted by Crippen LogP contribution is -2.25. The van der Waals surface area contributed by atoms with Crippen molar-refractivity contribution in [3.05, 3.63) is 92.3 Å². The zero-order valence-electron chi connectivity index (χ0n) is 22.7. The number of halogens is 1. The molecule has 1 aromatic carbocycles. The Morgan fingerprint density at radius 3 is 2.54 bits per heavy atom. The first kappa shape index (κ1) is 26.0. The Bertz CT molecular complexity index is 1850. The number of nitrogens with zero attached hydrogens (tertiary/aromatic N) is 5. The number of hydrogen-bond acceptors (Lipinski definition) is 7. The van der Waals surface area contributed by atoms with Crippen molar-refractivity contribution in [3.63, 3.8) is 0 Å². The molecule has 5 rings (SSSR count). The van der Waals surface area contributed by atoms with Crippen LogP contribution in [0.3, 0.4) is 0 Å². The Morgan fingerprint density at radius 1 is 1.10 bits per heavy atom. The van der Waals surface area contributed by atoms with Crippen LogP contribution >= 0.6 is 0 Å². The maximum atomic E-state index is 15.3. The fourth-order valence-corrected chi connectivity index (χ4v) is 4.61. The number of rotatable bonds is 5. The van der Waals surface area contributed by atoms with Gasteiger partial charge in [0.25, 0.3) is 11.1 Å². The van der Waals surface area contributed by atoms with Crippen molar-refractivity contribution in [2.24, 2.45) is 7.05 Å². The average molecular weight is 529 g/mol. The van der Waals surface area contributed by atoms with Crippen LogP contribution in [0.15, 0.2) is 63.0 Å². The fraction of sp³-hybridized carbons (Fsp3) is 0.276. The lowest BCUT2D eigenvalue weighted by Gasteiger charge is -2.20. The van der Waals surface area contributed by atoms with Gasteiger partial charge in [0.1, 0.15) is 17.3 Å². The number of hydrogen-bond donors (Lipinski definition) is 1. The molecule has 0 saturated heterocycles. The van der Waals surface area contributed by atoms with Crippen LogP contribution in [0.2, 0.25) is 0 Å². The fourth-order valence-electron chi connectivity index (χ4n) is 4.61. The summed E-state index contributed by atoms with van der Waals surface area (Å²) >= 11 is 0. The van der Waals surface area contributed by atoms with Gasteiger partial charge in [0.15, 0.2) is 11.6 Å². The van der Waals surface area contributed by atoms with E-state index in [0.29, 0.717) is 34.9 Å². The molecule has 0 radical (unpaired) electrons. The highest BCUT2D eigenvalue weighted by Crippen LogP contribution is 2.30. The molecule has 0 unspecified atom stereocenters. The van der Waals surface area contributed by atoms with E-state index in [2.05, 4.69) is 20.6 Å². The van der Waals surface area contributed by atoms with Gasteiger partial charge in [-0.05, 0) is 54.2 Å². The van der Waals surface area contributed by atoms with Gasteiger partial charge >= 0.3 is 0 Å².